The Kier molecular flexibility index (Phi) is 4.34. The first-order chi connectivity index (χ1) is 6.90. The average molecular weight is 224 g/mol. The lowest BCUT2D eigenvalue weighted by atomic mass is 10.3. The fraction of sp³-hybridized carbons (Fsp3) is 0.182. The topological polar surface area (TPSA) is 29.9 Å². The number of hydrogen-bond donors (Lipinski definition) is 1. The van der Waals surface area contributed by atoms with E-state index in [1.165, 1.54) is 5.56 Å². The predicted molar refractivity (Wildman–Crippen MR) is 63.6 cm³/mol. The average Bonchev–Trinajstić information content (AvgIpc) is 2.68. The predicted octanol–water partition coefficient (Wildman–Crippen LogP) is 2.01. The van der Waals surface area contributed by atoms with E-state index >= 15 is 0 Å². The van der Waals surface area contributed by atoms with E-state index in [-0.39, 0.29) is 12.4 Å². The number of benzene rings is 1. The van der Waals surface area contributed by atoms with Crippen LogP contribution in [0.25, 0.3) is 5.69 Å². The van der Waals surface area contributed by atoms with E-state index in [1.807, 2.05) is 54.5 Å². The lowest BCUT2D eigenvalue weighted by Gasteiger charge is -1.98. The minimum atomic E-state index is 0. The Hall–Kier alpha value is -1.32. The molecule has 1 heterocycles. The first kappa shape index (κ1) is 11.8. The van der Waals surface area contributed by atoms with E-state index < -0.39 is 0 Å². The molecule has 0 bridgehead atoms. The van der Waals surface area contributed by atoms with Gasteiger partial charge in [0.05, 0.1) is 11.9 Å². The first-order valence-electron chi connectivity index (χ1n) is 4.64. The van der Waals surface area contributed by atoms with Crippen LogP contribution in [0.2, 0.25) is 0 Å². The number of nitrogens with zero attached hydrogens (tertiary/aromatic N) is 2. The van der Waals surface area contributed by atoms with Crippen LogP contribution in [0.4, 0.5) is 0 Å². The Balaban J connectivity index is 0.00000112. The van der Waals surface area contributed by atoms with Gasteiger partial charge in [-0.1, -0.05) is 18.2 Å². The summed E-state index contributed by atoms with van der Waals surface area (Å²) in [4.78, 5) is 0. The Morgan fingerprint density at radius 1 is 1.27 bits per heavy atom. The van der Waals surface area contributed by atoms with E-state index in [2.05, 4.69) is 10.4 Å². The van der Waals surface area contributed by atoms with Crippen LogP contribution < -0.4 is 5.32 Å². The maximum Gasteiger partial charge on any atom is 0.0645 e. The summed E-state index contributed by atoms with van der Waals surface area (Å²) in [6, 6.07) is 10.1. The molecule has 3 nitrogen and oxygen atoms in total. The zero-order valence-electron chi connectivity index (χ0n) is 8.55. The summed E-state index contributed by atoms with van der Waals surface area (Å²) in [6.45, 7) is 0.854. The third-order valence-corrected chi connectivity index (χ3v) is 2.04. The van der Waals surface area contributed by atoms with Gasteiger partial charge in [-0.15, -0.1) is 12.4 Å². The summed E-state index contributed by atoms with van der Waals surface area (Å²) in [5.41, 5.74) is 2.28. The van der Waals surface area contributed by atoms with Crippen LogP contribution in [-0.4, -0.2) is 16.8 Å². The van der Waals surface area contributed by atoms with Crippen LogP contribution in [0.5, 0.6) is 0 Å². The lowest BCUT2D eigenvalue weighted by Crippen LogP contribution is -2.03. The van der Waals surface area contributed by atoms with E-state index in [4.69, 9.17) is 0 Å². The normalized spacial score (nSPS) is 9.67. The molecule has 0 aliphatic rings. The largest absolute Gasteiger partial charge is 0.316 e. The highest BCUT2D eigenvalue weighted by Crippen LogP contribution is 2.06. The fourth-order valence-corrected chi connectivity index (χ4v) is 1.38. The molecule has 0 saturated heterocycles. The van der Waals surface area contributed by atoms with E-state index in [0.29, 0.717) is 0 Å². The van der Waals surface area contributed by atoms with Gasteiger partial charge in [-0.05, 0) is 19.2 Å². The fourth-order valence-electron chi connectivity index (χ4n) is 1.38. The van der Waals surface area contributed by atoms with Crippen molar-refractivity contribution in [3.63, 3.8) is 0 Å². The van der Waals surface area contributed by atoms with Gasteiger partial charge < -0.3 is 5.32 Å². The van der Waals surface area contributed by atoms with Gasteiger partial charge in [0.2, 0.25) is 0 Å². The molecule has 1 N–H and O–H groups in total. The molecule has 0 unspecified atom stereocenters. The number of hydrogen-bond acceptors (Lipinski definition) is 2. The summed E-state index contributed by atoms with van der Waals surface area (Å²) < 4.78 is 1.88. The van der Waals surface area contributed by atoms with E-state index in [0.717, 1.165) is 12.2 Å². The second-order valence-corrected chi connectivity index (χ2v) is 3.16. The highest BCUT2D eigenvalue weighted by molar-refractivity contribution is 5.85. The summed E-state index contributed by atoms with van der Waals surface area (Å²) in [5, 5.41) is 7.38. The second-order valence-electron chi connectivity index (χ2n) is 3.16. The van der Waals surface area contributed by atoms with E-state index in [9.17, 15) is 0 Å². The van der Waals surface area contributed by atoms with Crippen LogP contribution in [0.3, 0.4) is 0 Å². The van der Waals surface area contributed by atoms with Crippen LogP contribution in [-0.2, 0) is 6.54 Å². The molecule has 1 aromatic heterocycles. The lowest BCUT2D eigenvalue weighted by molar-refractivity contribution is 0.816. The van der Waals surface area contributed by atoms with Gasteiger partial charge in [-0.2, -0.15) is 5.10 Å². The monoisotopic (exact) mass is 223 g/mol. The van der Waals surface area contributed by atoms with E-state index in [1.54, 1.807) is 0 Å². The summed E-state index contributed by atoms with van der Waals surface area (Å²) in [5.74, 6) is 0. The van der Waals surface area contributed by atoms with Gasteiger partial charge >= 0.3 is 0 Å². The Bertz CT molecular complexity index is 397. The Morgan fingerprint density at radius 3 is 2.67 bits per heavy atom. The molecule has 0 atom stereocenters. The molecule has 0 aliphatic heterocycles. The van der Waals surface area contributed by atoms with Crippen LogP contribution >= 0.6 is 12.4 Å². The quantitative estimate of drug-likeness (QED) is 0.863. The molecule has 0 radical (unpaired) electrons. The molecule has 15 heavy (non-hydrogen) atoms. The number of rotatable bonds is 3. The van der Waals surface area contributed by atoms with Gasteiger partial charge in [0.25, 0.3) is 0 Å². The second kappa shape index (κ2) is 5.53. The van der Waals surface area contributed by atoms with Crippen molar-refractivity contribution in [2.75, 3.05) is 7.05 Å². The van der Waals surface area contributed by atoms with Gasteiger partial charge in [-0.3, -0.25) is 0 Å². The molecule has 2 rings (SSSR count). The maximum atomic E-state index is 4.28. The first-order valence-corrected chi connectivity index (χ1v) is 4.64. The molecular weight excluding hydrogens is 210 g/mol. The molecule has 1 aromatic carbocycles. The molecule has 0 fully saturated rings. The smallest absolute Gasteiger partial charge is 0.0645 e. The molecule has 2 aromatic rings. The minimum Gasteiger partial charge on any atom is -0.316 e. The van der Waals surface area contributed by atoms with Crippen molar-refractivity contribution in [3.8, 4) is 5.69 Å². The molecular formula is C11H14ClN3. The zero-order chi connectivity index (χ0) is 9.80. The summed E-state index contributed by atoms with van der Waals surface area (Å²) >= 11 is 0. The van der Waals surface area contributed by atoms with Crippen molar-refractivity contribution in [2.24, 2.45) is 0 Å². The molecule has 0 saturated carbocycles. The van der Waals surface area contributed by atoms with Crippen LogP contribution in [0.15, 0.2) is 42.7 Å². The number of para-hydroxylation sites is 1. The van der Waals surface area contributed by atoms with Gasteiger partial charge in [-0.25, -0.2) is 4.68 Å². The van der Waals surface area contributed by atoms with Gasteiger partial charge in [0.1, 0.15) is 0 Å². The summed E-state index contributed by atoms with van der Waals surface area (Å²) in [7, 11) is 1.93. The number of aromatic nitrogens is 2. The standard InChI is InChI=1S/C11H13N3.ClH/c1-12-7-10-8-13-14(9-10)11-5-3-2-4-6-11;/h2-6,8-9,12H,7H2,1H3;1H. The Labute approximate surface area is 95.5 Å². The molecule has 4 heteroatoms. The Morgan fingerprint density at radius 2 is 2.00 bits per heavy atom. The molecule has 80 valence electrons. The van der Waals surface area contributed by atoms with Crippen molar-refractivity contribution >= 4 is 12.4 Å². The van der Waals surface area contributed by atoms with Gasteiger partial charge in [0, 0.05) is 18.3 Å². The van der Waals surface area contributed by atoms with Crippen molar-refractivity contribution in [3.05, 3.63) is 48.3 Å². The molecule has 0 amide bonds. The SMILES string of the molecule is CNCc1cnn(-c2ccccc2)c1.Cl. The maximum absolute atomic E-state index is 4.28. The van der Waals surface area contributed by atoms with Crippen molar-refractivity contribution < 1.29 is 0 Å². The van der Waals surface area contributed by atoms with Crippen molar-refractivity contribution in [2.45, 2.75) is 6.54 Å². The highest BCUT2D eigenvalue weighted by atomic mass is 35.5. The highest BCUT2D eigenvalue weighted by Gasteiger charge is 1.98. The van der Waals surface area contributed by atoms with Crippen molar-refractivity contribution in [1.82, 2.24) is 15.1 Å². The summed E-state index contributed by atoms with van der Waals surface area (Å²) in [6.07, 6.45) is 3.91. The van der Waals surface area contributed by atoms with Crippen LogP contribution in [0, 0.1) is 0 Å². The zero-order valence-corrected chi connectivity index (χ0v) is 9.37. The number of nitrogens with one attached hydrogen (secondary N) is 1. The third kappa shape index (κ3) is 2.81. The number of halogens is 1. The van der Waals surface area contributed by atoms with Crippen molar-refractivity contribution in [1.29, 1.82) is 0 Å². The van der Waals surface area contributed by atoms with Gasteiger partial charge in [0.15, 0.2) is 0 Å². The molecule has 0 aliphatic carbocycles. The minimum absolute atomic E-state index is 0. The van der Waals surface area contributed by atoms with Crippen LogP contribution in [0.1, 0.15) is 5.56 Å². The molecule has 0 spiro atoms. The third-order valence-electron chi connectivity index (χ3n) is 2.04.